The zero-order valence-corrected chi connectivity index (χ0v) is 43.7. The molecule has 0 amide bonds. The molecule has 21 nitrogen and oxygen atoms in total. The third kappa shape index (κ3) is 50.0. The molecule has 1 aromatic carbocycles. The molecule has 0 spiro atoms. The van der Waals surface area contributed by atoms with Crippen LogP contribution in [0.5, 0.6) is 0 Å². The number of carboxylic acids is 2. The number of esters is 8. The Morgan fingerprint density at radius 3 is 1.11 bits per heavy atom. The highest BCUT2D eigenvalue weighted by Crippen LogP contribution is 2.14. The standard InChI is InChI=1S/C24H38O4.C8H14O5.C8H12O4.C7H12O4.C4H6O4/c1-3-5-7-9-11-15-19-27-23(25)21-17-13-14-18-22(21)24(26)28-20-16-12-10-8-6-4-2;1-3-12-7(10)5-6(9)8(11)13-4-2;1-3-11-7(9)5-6-8(10)12-4-2;1-3-10-6(8)5-7(9)11-4-2;5-3(6)1-2-4(7)8/h13-14,17-18H,3-12,15-16,19-20H2,1-2H3;6,9H,3-5H2,1-2H3;5-6H,3-4H2,1-2H3;3-5H2,1-2H3;1-2H2,(H,5,6)(H,7,8)/b;;6-5+;;. The molecule has 0 fully saturated rings. The highest BCUT2D eigenvalue weighted by atomic mass is 16.6. The van der Waals surface area contributed by atoms with Gasteiger partial charge in [-0.25, -0.2) is 24.0 Å². The number of carbonyl (C=O) groups excluding carboxylic acids is 8. The summed E-state index contributed by atoms with van der Waals surface area (Å²) in [7, 11) is 0. The third-order valence-corrected chi connectivity index (χ3v) is 8.43. The first-order valence-corrected chi connectivity index (χ1v) is 24.5. The number of aliphatic hydroxyl groups excluding tert-OH is 1. The van der Waals surface area contributed by atoms with Gasteiger partial charge >= 0.3 is 59.7 Å². The second kappa shape index (κ2) is 52.4. The Kier molecular flexibility index (Phi) is 52.6. The molecule has 1 atom stereocenters. The van der Waals surface area contributed by atoms with Crippen LogP contribution in [0.25, 0.3) is 0 Å². The van der Waals surface area contributed by atoms with Crippen LogP contribution in [-0.2, 0) is 76.3 Å². The molecule has 0 aliphatic heterocycles. The van der Waals surface area contributed by atoms with Gasteiger partial charge in [-0.2, -0.15) is 0 Å². The molecule has 1 aromatic rings. The summed E-state index contributed by atoms with van der Waals surface area (Å²) < 4.78 is 37.9. The van der Waals surface area contributed by atoms with Crippen LogP contribution in [0.15, 0.2) is 36.4 Å². The third-order valence-electron chi connectivity index (χ3n) is 8.43. The average Bonchev–Trinajstić information content (AvgIpc) is 3.33. The molecule has 0 bridgehead atoms. The second-order valence-corrected chi connectivity index (χ2v) is 14.5. The number of rotatable bonds is 32. The zero-order chi connectivity index (χ0) is 55.4. The van der Waals surface area contributed by atoms with E-state index in [-0.39, 0.29) is 52.1 Å². The lowest BCUT2D eigenvalue weighted by molar-refractivity contribution is -0.159. The summed E-state index contributed by atoms with van der Waals surface area (Å²) >= 11 is 0. The first kappa shape index (κ1) is 72.2. The highest BCUT2D eigenvalue weighted by Gasteiger charge is 2.21. The summed E-state index contributed by atoms with van der Waals surface area (Å²) in [6.07, 6.45) is 13.1. The predicted octanol–water partition coefficient (Wildman–Crippen LogP) is 7.69. The van der Waals surface area contributed by atoms with Gasteiger partial charge in [0.15, 0.2) is 6.10 Å². The van der Waals surface area contributed by atoms with E-state index in [0.29, 0.717) is 37.6 Å². The van der Waals surface area contributed by atoms with Crippen molar-refractivity contribution in [2.24, 2.45) is 0 Å². The van der Waals surface area contributed by atoms with Gasteiger partial charge in [0.1, 0.15) is 6.42 Å². The normalized spacial score (nSPS) is 10.2. The largest absolute Gasteiger partial charge is 0.481 e. The quantitative estimate of drug-likeness (QED) is 0.0205. The van der Waals surface area contributed by atoms with E-state index in [9.17, 15) is 47.9 Å². The number of aliphatic hydroxyl groups is 1. The van der Waals surface area contributed by atoms with Gasteiger partial charge in [0, 0.05) is 12.2 Å². The topological polar surface area (TPSA) is 305 Å². The molecule has 1 rings (SSSR count). The lowest BCUT2D eigenvalue weighted by Gasteiger charge is -2.10. The van der Waals surface area contributed by atoms with Crippen LogP contribution in [0.2, 0.25) is 0 Å². The van der Waals surface area contributed by atoms with Crippen molar-refractivity contribution in [3.63, 3.8) is 0 Å². The molecule has 1 unspecified atom stereocenters. The monoisotopic (exact) mass is 1030 g/mol. The molecule has 0 aliphatic carbocycles. The fourth-order valence-corrected chi connectivity index (χ4v) is 5.06. The van der Waals surface area contributed by atoms with Crippen LogP contribution in [0, 0.1) is 0 Å². The number of aliphatic carboxylic acids is 2. The maximum atomic E-state index is 12.4. The Bertz CT molecular complexity index is 1590. The molecular formula is C51H82O21. The Morgan fingerprint density at radius 1 is 0.444 bits per heavy atom. The minimum atomic E-state index is -1.42. The first-order valence-electron chi connectivity index (χ1n) is 24.5. The van der Waals surface area contributed by atoms with Crippen molar-refractivity contribution in [2.75, 3.05) is 52.9 Å². The smallest absolute Gasteiger partial charge is 0.339 e. The van der Waals surface area contributed by atoms with Crippen LogP contribution in [0.3, 0.4) is 0 Å². The number of ether oxygens (including phenoxy) is 8. The molecule has 72 heavy (non-hydrogen) atoms. The van der Waals surface area contributed by atoms with Gasteiger partial charge in [0.25, 0.3) is 0 Å². The van der Waals surface area contributed by atoms with Crippen LogP contribution in [0.4, 0.5) is 0 Å². The maximum absolute atomic E-state index is 12.4. The van der Waals surface area contributed by atoms with Gasteiger partial charge in [-0.3, -0.25) is 24.0 Å². The number of hydrogen-bond acceptors (Lipinski definition) is 19. The molecule has 21 heteroatoms. The van der Waals surface area contributed by atoms with Crippen molar-refractivity contribution in [3.05, 3.63) is 47.5 Å². The zero-order valence-electron chi connectivity index (χ0n) is 43.7. The van der Waals surface area contributed by atoms with E-state index in [1.54, 1.807) is 65.8 Å². The van der Waals surface area contributed by atoms with Gasteiger partial charge in [0.05, 0.1) is 83.2 Å². The lowest BCUT2D eigenvalue weighted by Crippen LogP contribution is -2.26. The second-order valence-electron chi connectivity index (χ2n) is 14.5. The molecule has 0 saturated carbocycles. The van der Waals surface area contributed by atoms with E-state index < -0.39 is 65.8 Å². The van der Waals surface area contributed by atoms with Crippen LogP contribution < -0.4 is 0 Å². The molecule has 0 heterocycles. The van der Waals surface area contributed by atoms with Crippen molar-refractivity contribution in [1.29, 1.82) is 0 Å². The Hall–Kier alpha value is -6.38. The van der Waals surface area contributed by atoms with E-state index in [2.05, 4.69) is 42.3 Å². The Morgan fingerprint density at radius 2 is 0.778 bits per heavy atom. The minimum Gasteiger partial charge on any atom is -0.481 e. The Balaban J connectivity index is -0.000000441. The summed E-state index contributed by atoms with van der Waals surface area (Å²) in [5.74, 6) is -6.59. The number of carbonyl (C=O) groups is 10. The van der Waals surface area contributed by atoms with Gasteiger partial charge in [0.2, 0.25) is 0 Å². The summed E-state index contributed by atoms with van der Waals surface area (Å²) in [5.41, 5.74) is 0.586. The van der Waals surface area contributed by atoms with E-state index >= 15 is 0 Å². The van der Waals surface area contributed by atoms with Crippen molar-refractivity contribution in [2.45, 2.75) is 164 Å². The molecule has 0 aromatic heterocycles. The summed E-state index contributed by atoms with van der Waals surface area (Å²) in [6.45, 7) is 16.8. The SMILES string of the molecule is CCCCCCCCOC(=O)c1ccccc1C(=O)OCCCCCCCC.CCOC(=O)/C=C/C(=O)OCC.CCOC(=O)CC(=O)OCC.CCOC(=O)CC(O)C(=O)OCC.O=C(O)CCC(=O)O. The van der Waals surface area contributed by atoms with Gasteiger partial charge in [-0.15, -0.1) is 0 Å². The van der Waals surface area contributed by atoms with Gasteiger partial charge in [-0.05, 0) is 66.5 Å². The van der Waals surface area contributed by atoms with Gasteiger partial charge < -0.3 is 53.2 Å². The minimum absolute atomic E-state index is 0.179. The van der Waals surface area contributed by atoms with E-state index in [0.717, 1.165) is 37.8 Å². The predicted molar refractivity (Wildman–Crippen MR) is 262 cm³/mol. The number of unbranched alkanes of at least 4 members (excludes halogenated alkanes) is 10. The summed E-state index contributed by atoms with van der Waals surface area (Å²) in [4.78, 5) is 108. The van der Waals surface area contributed by atoms with Crippen molar-refractivity contribution < 1.29 is 101 Å². The van der Waals surface area contributed by atoms with Crippen molar-refractivity contribution in [3.8, 4) is 0 Å². The lowest BCUT2D eigenvalue weighted by atomic mass is 10.1. The van der Waals surface area contributed by atoms with E-state index in [1.165, 1.54) is 51.4 Å². The Labute approximate surface area is 424 Å². The number of carboxylic acid groups (broad SMARTS) is 2. The average molecular weight is 1030 g/mol. The van der Waals surface area contributed by atoms with Gasteiger partial charge in [-0.1, -0.05) is 90.2 Å². The molecule has 412 valence electrons. The summed E-state index contributed by atoms with van der Waals surface area (Å²) in [6, 6.07) is 6.74. The number of hydrogen-bond donors (Lipinski definition) is 3. The van der Waals surface area contributed by atoms with E-state index in [1.807, 2.05) is 0 Å². The highest BCUT2D eigenvalue weighted by molar-refractivity contribution is 6.03. The van der Waals surface area contributed by atoms with Crippen molar-refractivity contribution in [1.82, 2.24) is 0 Å². The fourth-order valence-electron chi connectivity index (χ4n) is 5.06. The fraction of sp³-hybridized carbons (Fsp3) is 0.647. The van der Waals surface area contributed by atoms with E-state index in [4.69, 9.17) is 24.8 Å². The van der Waals surface area contributed by atoms with Crippen molar-refractivity contribution >= 4 is 59.7 Å². The molecule has 3 N–H and O–H groups in total. The first-order chi connectivity index (χ1) is 34.3. The summed E-state index contributed by atoms with van der Waals surface area (Å²) in [5, 5.41) is 24.9. The van der Waals surface area contributed by atoms with Crippen LogP contribution >= 0.6 is 0 Å². The molecular weight excluding hydrogens is 949 g/mol. The molecule has 0 aliphatic rings. The maximum Gasteiger partial charge on any atom is 0.339 e. The molecule has 0 radical (unpaired) electrons. The van der Waals surface area contributed by atoms with Crippen LogP contribution in [-0.4, -0.2) is 134 Å². The number of benzene rings is 1. The van der Waals surface area contributed by atoms with Crippen LogP contribution in [0.1, 0.15) is 179 Å². The molecule has 0 saturated heterocycles.